The van der Waals surface area contributed by atoms with E-state index in [1.807, 2.05) is 30.4 Å². The van der Waals surface area contributed by atoms with Crippen molar-refractivity contribution in [3.63, 3.8) is 0 Å². The molecule has 2 rings (SSSR count). The molecule has 110 valence electrons. The number of methoxy groups -OCH3 is 1. The Kier molecular flexibility index (Phi) is 4.41. The molecule has 0 fully saturated rings. The van der Waals surface area contributed by atoms with Crippen molar-refractivity contribution in [2.24, 2.45) is 12.8 Å². The molecular formula is C13H22N6O. The van der Waals surface area contributed by atoms with Gasteiger partial charge in [-0.2, -0.15) is 5.10 Å². The lowest BCUT2D eigenvalue weighted by molar-refractivity contribution is 0.363. The lowest BCUT2D eigenvalue weighted by Gasteiger charge is -2.17. The van der Waals surface area contributed by atoms with Gasteiger partial charge in [0.05, 0.1) is 44.1 Å². The van der Waals surface area contributed by atoms with E-state index in [0.29, 0.717) is 5.75 Å². The Morgan fingerprint density at radius 3 is 2.70 bits per heavy atom. The van der Waals surface area contributed by atoms with Gasteiger partial charge in [0.2, 0.25) is 0 Å². The molecule has 2 aromatic rings. The van der Waals surface area contributed by atoms with Crippen LogP contribution in [0.3, 0.4) is 0 Å². The van der Waals surface area contributed by atoms with Crippen molar-refractivity contribution in [2.75, 3.05) is 27.7 Å². The van der Waals surface area contributed by atoms with Crippen LogP contribution in [0.1, 0.15) is 17.4 Å². The summed E-state index contributed by atoms with van der Waals surface area (Å²) in [4.78, 5) is 6.22. The number of likely N-dealkylation sites (N-methyl/N-ethyl adjacent to an activating group) is 1. The summed E-state index contributed by atoms with van der Waals surface area (Å²) in [5.74, 6) is 0.706. The van der Waals surface area contributed by atoms with Gasteiger partial charge >= 0.3 is 0 Å². The van der Waals surface area contributed by atoms with Crippen LogP contribution in [0.4, 0.5) is 0 Å². The van der Waals surface area contributed by atoms with Gasteiger partial charge in [0, 0.05) is 13.6 Å². The quantitative estimate of drug-likeness (QED) is 0.819. The smallest absolute Gasteiger partial charge is 0.161 e. The number of nitrogens with zero attached hydrogens (tertiary/aromatic N) is 5. The molecular weight excluding hydrogens is 256 g/mol. The molecule has 2 aromatic heterocycles. The maximum Gasteiger partial charge on any atom is 0.161 e. The third-order valence-electron chi connectivity index (χ3n) is 3.29. The van der Waals surface area contributed by atoms with Crippen LogP contribution in [-0.2, 0) is 13.6 Å². The number of rotatable bonds is 6. The Morgan fingerprint density at radius 2 is 2.15 bits per heavy atom. The standard InChI is InChI=1S/C13H22N6O/c1-17(2)5-6-19-13(11(20-4)8-16-19)12(14)10-7-15-9-18(10)3/h7-9,12H,5-6,14H2,1-4H3. The molecule has 2 N–H and O–H groups in total. The van der Waals surface area contributed by atoms with Crippen LogP contribution in [0.25, 0.3) is 0 Å². The number of ether oxygens (including phenoxy) is 1. The van der Waals surface area contributed by atoms with E-state index in [1.54, 1.807) is 25.8 Å². The van der Waals surface area contributed by atoms with Crippen LogP contribution >= 0.6 is 0 Å². The number of hydrogen-bond acceptors (Lipinski definition) is 5. The fourth-order valence-corrected chi connectivity index (χ4v) is 2.13. The van der Waals surface area contributed by atoms with Crippen LogP contribution in [0.15, 0.2) is 18.7 Å². The molecule has 1 unspecified atom stereocenters. The van der Waals surface area contributed by atoms with Crippen molar-refractivity contribution in [3.05, 3.63) is 30.1 Å². The molecule has 7 nitrogen and oxygen atoms in total. The minimum Gasteiger partial charge on any atom is -0.493 e. The first-order valence-electron chi connectivity index (χ1n) is 6.50. The molecule has 1 atom stereocenters. The number of aryl methyl sites for hydroxylation is 1. The minimum absolute atomic E-state index is 0.317. The Hall–Kier alpha value is -1.86. The van der Waals surface area contributed by atoms with Gasteiger partial charge in [0.1, 0.15) is 5.69 Å². The highest BCUT2D eigenvalue weighted by Crippen LogP contribution is 2.27. The highest BCUT2D eigenvalue weighted by Gasteiger charge is 2.22. The van der Waals surface area contributed by atoms with Gasteiger partial charge in [-0.05, 0) is 14.1 Å². The molecule has 0 bridgehead atoms. The molecule has 0 aromatic carbocycles. The second kappa shape index (κ2) is 6.06. The van der Waals surface area contributed by atoms with Gasteiger partial charge in [-0.3, -0.25) is 4.68 Å². The summed E-state index contributed by atoms with van der Waals surface area (Å²) in [6.45, 7) is 1.65. The first-order valence-corrected chi connectivity index (χ1v) is 6.50. The summed E-state index contributed by atoms with van der Waals surface area (Å²) >= 11 is 0. The lowest BCUT2D eigenvalue weighted by atomic mass is 10.1. The van der Waals surface area contributed by atoms with Crippen molar-refractivity contribution < 1.29 is 4.74 Å². The van der Waals surface area contributed by atoms with Crippen LogP contribution in [-0.4, -0.2) is 52.0 Å². The summed E-state index contributed by atoms with van der Waals surface area (Å²) in [7, 11) is 7.62. The fourth-order valence-electron chi connectivity index (χ4n) is 2.13. The van der Waals surface area contributed by atoms with E-state index in [2.05, 4.69) is 15.0 Å². The predicted octanol–water partition coefficient (Wildman–Crippen LogP) is 0.235. The lowest BCUT2D eigenvalue weighted by Crippen LogP contribution is -2.24. The molecule has 0 spiro atoms. The van der Waals surface area contributed by atoms with Crippen LogP contribution in [0.2, 0.25) is 0 Å². The molecule has 0 aliphatic carbocycles. The molecule has 7 heteroatoms. The number of nitrogens with two attached hydrogens (primary N) is 1. The Balaban J connectivity index is 2.33. The minimum atomic E-state index is -0.317. The number of imidazole rings is 1. The summed E-state index contributed by atoms with van der Waals surface area (Å²) < 4.78 is 9.19. The van der Waals surface area contributed by atoms with E-state index in [4.69, 9.17) is 10.5 Å². The molecule has 20 heavy (non-hydrogen) atoms. The van der Waals surface area contributed by atoms with E-state index in [-0.39, 0.29) is 6.04 Å². The Labute approximate surface area is 119 Å². The van der Waals surface area contributed by atoms with Crippen LogP contribution in [0.5, 0.6) is 5.75 Å². The van der Waals surface area contributed by atoms with Crippen molar-refractivity contribution in [1.29, 1.82) is 0 Å². The zero-order valence-corrected chi connectivity index (χ0v) is 12.4. The Morgan fingerprint density at radius 1 is 1.40 bits per heavy atom. The normalized spacial score (nSPS) is 12.9. The zero-order chi connectivity index (χ0) is 14.7. The second-order valence-electron chi connectivity index (χ2n) is 5.03. The topological polar surface area (TPSA) is 74.1 Å². The van der Waals surface area contributed by atoms with E-state index in [9.17, 15) is 0 Å². The molecule has 0 amide bonds. The molecule has 2 heterocycles. The molecule has 0 aliphatic rings. The molecule has 0 aliphatic heterocycles. The van der Waals surface area contributed by atoms with Crippen molar-refractivity contribution in [1.82, 2.24) is 24.2 Å². The van der Waals surface area contributed by atoms with Gasteiger partial charge in [-0.1, -0.05) is 0 Å². The monoisotopic (exact) mass is 278 g/mol. The average Bonchev–Trinajstić information content (AvgIpc) is 3.01. The van der Waals surface area contributed by atoms with Gasteiger partial charge in [0.15, 0.2) is 5.75 Å². The van der Waals surface area contributed by atoms with Crippen molar-refractivity contribution in [2.45, 2.75) is 12.6 Å². The highest BCUT2D eigenvalue weighted by molar-refractivity contribution is 5.33. The highest BCUT2D eigenvalue weighted by atomic mass is 16.5. The van der Waals surface area contributed by atoms with E-state index in [0.717, 1.165) is 24.5 Å². The second-order valence-corrected chi connectivity index (χ2v) is 5.03. The van der Waals surface area contributed by atoms with Crippen molar-refractivity contribution in [3.8, 4) is 5.75 Å². The van der Waals surface area contributed by atoms with E-state index in [1.165, 1.54) is 0 Å². The molecule has 0 radical (unpaired) electrons. The fraction of sp³-hybridized carbons (Fsp3) is 0.538. The third-order valence-corrected chi connectivity index (χ3v) is 3.29. The predicted molar refractivity (Wildman–Crippen MR) is 76.6 cm³/mol. The van der Waals surface area contributed by atoms with Crippen molar-refractivity contribution >= 4 is 0 Å². The maximum atomic E-state index is 6.37. The first kappa shape index (κ1) is 14.5. The van der Waals surface area contributed by atoms with Crippen LogP contribution < -0.4 is 10.5 Å². The third kappa shape index (κ3) is 2.83. The number of aromatic nitrogens is 4. The van der Waals surface area contributed by atoms with Gasteiger partial charge in [0.25, 0.3) is 0 Å². The summed E-state index contributed by atoms with van der Waals surface area (Å²) in [5, 5.41) is 4.37. The average molecular weight is 278 g/mol. The van der Waals surface area contributed by atoms with Crippen LogP contribution in [0, 0.1) is 0 Å². The summed E-state index contributed by atoms with van der Waals surface area (Å²) in [6, 6.07) is -0.317. The molecule has 0 saturated heterocycles. The van der Waals surface area contributed by atoms with Gasteiger partial charge in [-0.15, -0.1) is 0 Å². The zero-order valence-electron chi connectivity index (χ0n) is 12.4. The summed E-state index contributed by atoms with van der Waals surface area (Å²) in [6.07, 6.45) is 5.22. The largest absolute Gasteiger partial charge is 0.493 e. The maximum absolute atomic E-state index is 6.37. The molecule has 0 saturated carbocycles. The number of hydrogen-bond donors (Lipinski definition) is 1. The van der Waals surface area contributed by atoms with Gasteiger partial charge < -0.3 is 19.9 Å². The van der Waals surface area contributed by atoms with E-state index >= 15 is 0 Å². The Bertz CT molecular complexity index is 559. The summed E-state index contributed by atoms with van der Waals surface area (Å²) in [5.41, 5.74) is 8.17. The first-order chi connectivity index (χ1) is 9.54. The van der Waals surface area contributed by atoms with Gasteiger partial charge in [-0.25, -0.2) is 4.98 Å². The SMILES string of the molecule is COc1cnn(CCN(C)C)c1C(N)c1cncn1C. The van der Waals surface area contributed by atoms with E-state index < -0.39 is 0 Å².